The molecule has 0 spiro atoms. The van der Waals surface area contributed by atoms with E-state index in [1.807, 2.05) is 6.07 Å². The normalized spacial score (nSPS) is 15.8. The van der Waals surface area contributed by atoms with Crippen LogP contribution >= 0.6 is 0 Å². The zero-order chi connectivity index (χ0) is 13.1. The van der Waals surface area contributed by atoms with Gasteiger partial charge in [-0.1, -0.05) is 0 Å². The molecule has 1 aliphatic rings. The second kappa shape index (κ2) is 5.05. The maximum Gasteiger partial charge on any atom is 0.305 e. The molecule has 5 heteroatoms. The van der Waals surface area contributed by atoms with E-state index in [-0.39, 0.29) is 23.7 Å². The van der Waals surface area contributed by atoms with E-state index in [0.717, 1.165) is 18.9 Å². The molecule has 1 saturated carbocycles. The van der Waals surface area contributed by atoms with E-state index in [4.69, 9.17) is 10.4 Å². The summed E-state index contributed by atoms with van der Waals surface area (Å²) in [6.07, 6.45) is 1.93. The molecule has 1 atom stereocenters. The second-order valence-corrected chi connectivity index (χ2v) is 4.49. The van der Waals surface area contributed by atoms with E-state index < -0.39 is 11.8 Å². The van der Waals surface area contributed by atoms with Crippen LogP contribution in [0.25, 0.3) is 0 Å². The number of aliphatic carboxylic acids is 1. The van der Waals surface area contributed by atoms with Crippen LogP contribution in [-0.2, 0) is 4.79 Å². The quantitative estimate of drug-likeness (QED) is 0.839. The third-order valence-electron chi connectivity index (χ3n) is 3.02. The van der Waals surface area contributed by atoms with Crippen LogP contribution in [0.2, 0.25) is 0 Å². The Hall–Kier alpha value is -2.09. The fraction of sp³-hybridized carbons (Fsp3) is 0.385. The number of hydrogen-bond donors (Lipinski definition) is 2. The highest BCUT2D eigenvalue weighted by Gasteiger charge is 2.33. The van der Waals surface area contributed by atoms with E-state index >= 15 is 0 Å². The summed E-state index contributed by atoms with van der Waals surface area (Å²) >= 11 is 0. The number of carboxylic acid groups (broad SMARTS) is 1. The number of benzene rings is 1. The van der Waals surface area contributed by atoms with E-state index in [9.17, 15) is 9.18 Å². The smallest absolute Gasteiger partial charge is 0.305 e. The molecule has 0 aromatic heterocycles. The largest absolute Gasteiger partial charge is 0.481 e. The number of hydrogen-bond acceptors (Lipinski definition) is 3. The number of carbonyl (C=O) groups is 1. The molecular weight excluding hydrogens is 235 g/mol. The first kappa shape index (κ1) is 12.4. The van der Waals surface area contributed by atoms with Gasteiger partial charge in [0, 0.05) is 6.04 Å². The van der Waals surface area contributed by atoms with Crippen molar-refractivity contribution in [2.45, 2.75) is 25.3 Å². The Bertz CT molecular complexity index is 506. The summed E-state index contributed by atoms with van der Waals surface area (Å²) in [6.45, 7) is 0. The second-order valence-electron chi connectivity index (χ2n) is 4.49. The minimum Gasteiger partial charge on any atom is -0.481 e. The lowest BCUT2D eigenvalue weighted by Crippen LogP contribution is -2.25. The fourth-order valence-electron chi connectivity index (χ4n) is 1.92. The van der Waals surface area contributed by atoms with E-state index in [2.05, 4.69) is 5.32 Å². The molecule has 0 amide bonds. The predicted molar refractivity (Wildman–Crippen MR) is 63.5 cm³/mol. The Morgan fingerprint density at radius 2 is 2.33 bits per heavy atom. The summed E-state index contributed by atoms with van der Waals surface area (Å²) in [5.41, 5.74) is 0.506. The van der Waals surface area contributed by atoms with Crippen LogP contribution < -0.4 is 5.32 Å². The van der Waals surface area contributed by atoms with Gasteiger partial charge in [-0.3, -0.25) is 4.79 Å². The Morgan fingerprint density at radius 1 is 1.61 bits per heavy atom. The molecule has 0 heterocycles. The van der Waals surface area contributed by atoms with Crippen LogP contribution in [0.4, 0.5) is 10.1 Å². The molecule has 1 unspecified atom stereocenters. The lowest BCUT2D eigenvalue weighted by atomic mass is 10.1. The maximum absolute atomic E-state index is 13.7. The van der Waals surface area contributed by atoms with Crippen molar-refractivity contribution in [3.63, 3.8) is 0 Å². The van der Waals surface area contributed by atoms with Gasteiger partial charge >= 0.3 is 5.97 Å². The first-order chi connectivity index (χ1) is 8.60. The molecule has 94 valence electrons. The number of rotatable bonds is 5. The Balaban J connectivity index is 2.11. The molecule has 1 aliphatic carbocycles. The van der Waals surface area contributed by atoms with Gasteiger partial charge in [0.15, 0.2) is 0 Å². The average Bonchev–Trinajstić information content (AvgIpc) is 3.14. The minimum atomic E-state index is -0.895. The zero-order valence-electron chi connectivity index (χ0n) is 9.69. The zero-order valence-corrected chi connectivity index (χ0v) is 9.69. The average molecular weight is 248 g/mol. The number of carboxylic acids is 1. The summed E-state index contributed by atoms with van der Waals surface area (Å²) < 4.78 is 13.7. The maximum atomic E-state index is 13.7. The third-order valence-corrected chi connectivity index (χ3v) is 3.02. The number of nitriles is 1. The molecule has 1 fully saturated rings. The van der Waals surface area contributed by atoms with Gasteiger partial charge in [0.1, 0.15) is 5.82 Å². The Labute approximate surface area is 104 Å². The summed E-state index contributed by atoms with van der Waals surface area (Å²) in [6, 6.07) is 5.74. The topological polar surface area (TPSA) is 73.1 Å². The molecule has 0 aliphatic heterocycles. The lowest BCUT2D eigenvalue weighted by Gasteiger charge is -2.18. The van der Waals surface area contributed by atoms with Crippen LogP contribution in [-0.4, -0.2) is 17.1 Å². The molecule has 2 N–H and O–H groups in total. The number of nitrogens with zero attached hydrogens (tertiary/aromatic N) is 1. The van der Waals surface area contributed by atoms with Crippen molar-refractivity contribution >= 4 is 11.7 Å². The van der Waals surface area contributed by atoms with Crippen LogP contribution in [0, 0.1) is 23.1 Å². The van der Waals surface area contributed by atoms with Gasteiger partial charge in [0.2, 0.25) is 0 Å². The van der Waals surface area contributed by atoms with Gasteiger partial charge in [-0.25, -0.2) is 4.39 Å². The Kier molecular flexibility index (Phi) is 3.47. The first-order valence-corrected chi connectivity index (χ1v) is 5.78. The van der Waals surface area contributed by atoms with Gasteiger partial charge in [-0.15, -0.1) is 0 Å². The molecule has 0 radical (unpaired) electrons. The molecule has 1 aromatic carbocycles. The SMILES string of the molecule is N#Cc1ccc(NC(CC(=O)O)C2CC2)c(F)c1. The summed E-state index contributed by atoms with van der Waals surface area (Å²) in [5.74, 6) is -1.12. The standard InChI is InChI=1S/C13H13FN2O2/c14-10-5-8(7-15)1-4-11(10)16-12(6-13(17)18)9-2-3-9/h1,4-5,9,12,16H,2-3,6H2,(H,17,18). The van der Waals surface area contributed by atoms with Gasteiger partial charge in [-0.2, -0.15) is 5.26 Å². The highest BCUT2D eigenvalue weighted by molar-refractivity contribution is 5.68. The van der Waals surface area contributed by atoms with Crippen molar-refractivity contribution in [1.82, 2.24) is 0 Å². The minimum absolute atomic E-state index is 0.0237. The number of nitrogens with one attached hydrogen (secondary N) is 1. The van der Waals surface area contributed by atoms with Crippen LogP contribution in [0.3, 0.4) is 0 Å². The molecular formula is C13H13FN2O2. The van der Waals surface area contributed by atoms with Crippen LogP contribution in [0.15, 0.2) is 18.2 Å². The monoisotopic (exact) mass is 248 g/mol. The van der Waals surface area contributed by atoms with Gasteiger partial charge in [0.25, 0.3) is 0 Å². The van der Waals surface area contributed by atoms with Gasteiger partial charge in [0.05, 0.1) is 23.7 Å². The third kappa shape index (κ3) is 2.98. The summed E-state index contributed by atoms with van der Waals surface area (Å²) in [4.78, 5) is 10.7. The molecule has 1 aromatic rings. The van der Waals surface area contributed by atoms with Crippen LogP contribution in [0.5, 0.6) is 0 Å². The number of anilines is 1. The predicted octanol–water partition coefficient (Wildman–Crippen LogP) is 2.36. The van der Waals surface area contributed by atoms with Crippen molar-refractivity contribution in [1.29, 1.82) is 5.26 Å². The molecule has 2 rings (SSSR count). The van der Waals surface area contributed by atoms with Gasteiger partial charge < -0.3 is 10.4 Å². The summed E-state index contributed by atoms with van der Waals surface area (Å²) in [5, 5.41) is 20.4. The van der Waals surface area contributed by atoms with E-state index in [1.54, 1.807) is 0 Å². The Morgan fingerprint density at radius 3 is 2.83 bits per heavy atom. The molecule has 4 nitrogen and oxygen atoms in total. The number of halogens is 1. The van der Waals surface area contributed by atoms with Crippen molar-refractivity contribution in [2.24, 2.45) is 5.92 Å². The molecule has 18 heavy (non-hydrogen) atoms. The lowest BCUT2D eigenvalue weighted by molar-refractivity contribution is -0.137. The summed E-state index contributed by atoms with van der Waals surface area (Å²) in [7, 11) is 0. The molecule has 0 saturated heterocycles. The van der Waals surface area contributed by atoms with E-state index in [0.29, 0.717) is 5.92 Å². The van der Waals surface area contributed by atoms with Crippen molar-refractivity contribution in [2.75, 3.05) is 5.32 Å². The van der Waals surface area contributed by atoms with Crippen molar-refractivity contribution in [3.8, 4) is 6.07 Å². The first-order valence-electron chi connectivity index (χ1n) is 5.78. The van der Waals surface area contributed by atoms with Crippen molar-refractivity contribution in [3.05, 3.63) is 29.6 Å². The highest BCUT2D eigenvalue weighted by Crippen LogP contribution is 2.36. The fourth-order valence-corrected chi connectivity index (χ4v) is 1.92. The highest BCUT2D eigenvalue weighted by atomic mass is 19.1. The van der Waals surface area contributed by atoms with Crippen LogP contribution in [0.1, 0.15) is 24.8 Å². The van der Waals surface area contributed by atoms with Gasteiger partial charge in [-0.05, 0) is 37.0 Å². The van der Waals surface area contributed by atoms with Crippen molar-refractivity contribution < 1.29 is 14.3 Å². The molecule has 0 bridgehead atoms. The van der Waals surface area contributed by atoms with E-state index in [1.165, 1.54) is 12.1 Å².